The maximum absolute atomic E-state index is 8.94. The van der Waals surface area contributed by atoms with Gasteiger partial charge in [0.2, 0.25) is 0 Å². The molecular weight excluding hydrogens is 252 g/mol. The van der Waals surface area contributed by atoms with E-state index in [2.05, 4.69) is 27.4 Å². The fraction of sp³-hybridized carbons (Fsp3) is 1.00. The van der Waals surface area contributed by atoms with Gasteiger partial charge in [0.05, 0.1) is 14.1 Å². The lowest BCUT2D eigenvalue weighted by molar-refractivity contribution is -0.597. The average Bonchev–Trinajstić information content (AvgIpc) is 2.12. The minimum atomic E-state index is -3.21. The molecule has 100 valence electrons. The van der Waals surface area contributed by atoms with Crippen molar-refractivity contribution in [1.29, 1.82) is 0 Å². The molecule has 6 N–H and O–H groups in total. The van der Waals surface area contributed by atoms with Crippen LogP contribution in [0, 0.1) is 0 Å². The van der Waals surface area contributed by atoms with Crippen molar-refractivity contribution in [3.05, 3.63) is 0 Å². The Balaban J connectivity index is 0.000000492. The van der Waals surface area contributed by atoms with E-state index < -0.39 is 36.2 Å². The summed E-state index contributed by atoms with van der Waals surface area (Å²) >= 11 is 0. The highest BCUT2D eigenvalue weighted by Gasteiger charge is 2.53. The van der Waals surface area contributed by atoms with Crippen LogP contribution in [0.25, 0.3) is 0 Å². The molecule has 0 aromatic rings. The molecule has 0 bridgehead atoms. The summed E-state index contributed by atoms with van der Waals surface area (Å²) in [5, 5.41) is 37.7. The van der Waals surface area contributed by atoms with Gasteiger partial charge in [-0.05, 0) is 0 Å². The first-order valence-electron chi connectivity index (χ1n) is 5.02. The average molecular weight is 264 g/mol. The van der Waals surface area contributed by atoms with Crippen LogP contribution in [-0.4, -0.2) is 70.4 Å². The summed E-state index contributed by atoms with van der Waals surface area (Å²) in [4.78, 5) is 0. The third kappa shape index (κ3) is 4.53. The van der Waals surface area contributed by atoms with E-state index in [0.717, 1.165) is 0 Å². The fourth-order valence-corrected chi connectivity index (χ4v) is 1.09. The standard InChI is InChI=1S/C2H7N.B5H4O10/c1-3-2;6-1-10-2(7)13-5(12-1)14-3(8)11-4(9)15-5/h3H,1-2H3;6-9H/q;-1/p+1. The van der Waals surface area contributed by atoms with Crippen LogP contribution in [-0.2, 0) is 27.4 Å². The molecule has 0 aromatic carbocycles. The van der Waals surface area contributed by atoms with Crippen LogP contribution < -0.4 is 5.32 Å². The molecule has 0 radical (unpaired) electrons. The van der Waals surface area contributed by atoms with Gasteiger partial charge in [0.1, 0.15) is 0 Å². The predicted molar refractivity (Wildman–Crippen MR) is 57.9 cm³/mol. The van der Waals surface area contributed by atoms with Crippen LogP contribution in [0.15, 0.2) is 0 Å². The normalized spacial score (nSPS) is 23.0. The van der Waals surface area contributed by atoms with Gasteiger partial charge in [0, 0.05) is 0 Å². The van der Waals surface area contributed by atoms with Crippen molar-refractivity contribution >= 4 is 36.2 Å². The minimum absolute atomic E-state index is 1.90. The minimum Gasteiger partial charge on any atom is -0.539 e. The zero-order valence-electron chi connectivity index (χ0n) is 9.70. The van der Waals surface area contributed by atoms with Gasteiger partial charge in [-0.25, -0.2) is 0 Å². The van der Waals surface area contributed by atoms with Crippen LogP contribution >= 0.6 is 0 Å². The summed E-state index contributed by atoms with van der Waals surface area (Å²) < 4.78 is 26.4. The molecule has 2 aliphatic rings. The Bertz CT molecular complexity index is 211. The summed E-state index contributed by atoms with van der Waals surface area (Å²) in [5.41, 5.74) is 0. The van der Waals surface area contributed by atoms with E-state index in [1.54, 1.807) is 0 Å². The van der Waals surface area contributed by atoms with Crippen molar-refractivity contribution in [2.45, 2.75) is 0 Å². The summed E-state index contributed by atoms with van der Waals surface area (Å²) in [6.07, 6.45) is 0. The highest BCUT2D eigenvalue weighted by Crippen LogP contribution is 2.23. The molecule has 1 spiro atoms. The molecule has 18 heavy (non-hydrogen) atoms. The highest BCUT2D eigenvalue weighted by atomic mass is 17.0. The molecule has 0 aromatic heterocycles. The van der Waals surface area contributed by atoms with Crippen molar-refractivity contribution in [2.75, 3.05) is 14.1 Å². The van der Waals surface area contributed by atoms with Crippen molar-refractivity contribution in [2.24, 2.45) is 0 Å². The van der Waals surface area contributed by atoms with Crippen molar-refractivity contribution in [1.82, 2.24) is 0 Å². The molecule has 0 amide bonds. The van der Waals surface area contributed by atoms with E-state index in [-0.39, 0.29) is 0 Å². The second-order valence-electron chi connectivity index (χ2n) is 3.20. The monoisotopic (exact) mass is 265 g/mol. The molecule has 2 aliphatic heterocycles. The number of hydrogen-bond acceptors (Lipinski definition) is 10. The predicted octanol–water partition coefficient (Wildman–Crippen LogP) is -5.73. The Morgan fingerprint density at radius 2 is 0.944 bits per heavy atom. The molecule has 0 saturated carbocycles. The fourth-order valence-electron chi connectivity index (χ4n) is 1.09. The van der Waals surface area contributed by atoms with Gasteiger partial charge < -0.3 is 52.8 Å². The number of hydrogen-bond donors (Lipinski definition) is 5. The van der Waals surface area contributed by atoms with E-state index >= 15 is 0 Å². The van der Waals surface area contributed by atoms with Gasteiger partial charge in [0.15, 0.2) is 0 Å². The Hall–Kier alpha value is -0.115. The summed E-state index contributed by atoms with van der Waals surface area (Å²) in [6.45, 7) is -3.21. The SMILES string of the molecule is C[NH2+]C.OB1OB(O)O[B-]2(O1)OB(O)OB(O)O2. The van der Waals surface area contributed by atoms with Gasteiger partial charge in [-0.3, -0.25) is 0 Å². The van der Waals surface area contributed by atoms with E-state index in [0.29, 0.717) is 0 Å². The van der Waals surface area contributed by atoms with Crippen LogP contribution in [0.3, 0.4) is 0 Å². The first-order chi connectivity index (χ1) is 8.40. The molecule has 2 fully saturated rings. The Kier molecular flexibility index (Phi) is 6.09. The number of rotatable bonds is 0. The molecule has 2 rings (SSSR count). The third-order valence-electron chi connectivity index (χ3n) is 1.60. The Morgan fingerprint density at radius 3 is 1.17 bits per heavy atom. The lowest BCUT2D eigenvalue weighted by Gasteiger charge is -2.49. The maximum atomic E-state index is 8.94. The smallest absolute Gasteiger partial charge is 0.539 e. The van der Waals surface area contributed by atoms with E-state index in [9.17, 15) is 0 Å². The zero-order valence-corrected chi connectivity index (χ0v) is 9.70. The van der Waals surface area contributed by atoms with Gasteiger partial charge in [-0.1, -0.05) is 0 Å². The molecule has 0 atom stereocenters. The second-order valence-corrected chi connectivity index (χ2v) is 3.20. The lowest BCUT2D eigenvalue weighted by atomic mass is 9.84. The van der Waals surface area contributed by atoms with Crippen LogP contribution in [0.5, 0.6) is 0 Å². The second kappa shape index (κ2) is 6.88. The highest BCUT2D eigenvalue weighted by molar-refractivity contribution is 6.81. The van der Waals surface area contributed by atoms with Crippen molar-refractivity contribution in [3.63, 3.8) is 0 Å². The van der Waals surface area contributed by atoms with E-state index in [1.807, 2.05) is 19.4 Å². The number of nitrogens with two attached hydrogens (primary N) is 1. The molecule has 0 aliphatic carbocycles. The summed E-state index contributed by atoms with van der Waals surface area (Å²) in [6, 6.07) is 0. The Morgan fingerprint density at radius 1 is 0.722 bits per heavy atom. The molecular formula is C2H12B5NO10. The van der Waals surface area contributed by atoms with E-state index in [4.69, 9.17) is 20.1 Å². The summed E-state index contributed by atoms with van der Waals surface area (Å²) in [7, 11) is -3.59. The van der Waals surface area contributed by atoms with Crippen LogP contribution in [0.4, 0.5) is 0 Å². The number of quaternary nitrogens is 1. The largest absolute Gasteiger partial charge is 0.582 e. The maximum Gasteiger partial charge on any atom is 0.582 e. The molecule has 16 heteroatoms. The first-order valence-corrected chi connectivity index (χ1v) is 5.02. The Labute approximate surface area is 104 Å². The van der Waals surface area contributed by atoms with Crippen molar-refractivity contribution < 1.29 is 52.8 Å². The lowest BCUT2D eigenvalue weighted by Crippen LogP contribution is -2.74. The van der Waals surface area contributed by atoms with Crippen molar-refractivity contribution in [3.8, 4) is 0 Å². The van der Waals surface area contributed by atoms with Gasteiger partial charge in [-0.2, -0.15) is 0 Å². The zero-order chi connectivity index (χ0) is 13.8. The molecule has 2 saturated heterocycles. The molecule has 11 nitrogen and oxygen atoms in total. The molecule has 2 heterocycles. The first kappa shape index (κ1) is 15.9. The van der Waals surface area contributed by atoms with Gasteiger partial charge in [0.25, 0.3) is 0 Å². The van der Waals surface area contributed by atoms with Gasteiger partial charge in [-0.15, -0.1) is 0 Å². The topological polar surface area (TPSA) is 153 Å². The van der Waals surface area contributed by atoms with Crippen LogP contribution in [0.1, 0.15) is 0 Å². The van der Waals surface area contributed by atoms with Gasteiger partial charge >= 0.3 is 36.2 Å². The summed E-state index contributed by atoms with van der Waals surface area (Å²) in [5.74, 6) is 0. The quantitative estimate of drug-likeness (QED) is 0.267. The van der Waals surface area contributed by atoms with Crippen LogP contribution in [0.2, 0.25) is 0 Å². The third-order valence-corrected chi connectivity index (χ3v) is 1.60. The molecule has 0 unspecified atom stereocenters. The van der Waals surface area contributed by atoms with E-state index in [1.165, 1.54) is 0 Å².